The van der Waals surface area contributed by atoms with Gasteiger partial charge in [0.2, 0.25) is 10.0 Å². The van der Waals surface area contributed by atoms with E-state index < -0.39 is 34.1 Å². The van der Waals surface area contributed by atoms with E-state index in [-0.39, 0.29) is 48.2 Å². The van der Waals surface area contributed by atoms with Crippen LogP contribution < -0.4 is 20.1 Å². The van der Waals surface area contributed by atoms with Gasteiger partial charge in [-0.2, -0.15) is 4.31 Å². The summed E-state index contributed by atoms with van der Waals surface area (Å²) in [5.74, 6) is 0.218. The number of hydrogen-bond acceptors (Lipinski definition) is 8. The van der Waals surface area contributed by atoms with Gasteiger partial charge in [0.25, 0.3) is 5.91 Å². The molecule has 3 N–H and O–H groups in total. The number of benzene rings is 2. The third-order valence-electron chi connectivity index (χ3n) is 7.93. The van der Waals surface area contributed by atoms with Gasteiger partial charge < -0.3 is 34.9 Å². The number of urea groups is 1. The van der Waals surface area contributed by atoms with E-state index in [1.54, 1.807) is 42.2 Å². The molecule has 2 aromatic carbocycles. The molecule has 46 heavy (non-hydrogen) atoms. The largest absolute Gasteiger partial charge is 0.497 e. The van der Waals surface area contributed by atoms with Crippen LogP contribution in [0.2, 0.25) is 0 Å². The van der Waals surface area contributed by atoms with Crippen LogP contribution in [0.4, 0.5) is 10.5 Å². The van der Waals surface area contributed by atoms with Gasteiger partial charge in [-0.15, -0.1) is 0 Å². The first-order valence-electron chi connectivity index (χ1n) is 15.8. The number of methoxy groups -OCH3 is 1. The number of aliphatic hydroxyl groups excluding tert-OH is 1. The van der Waals surface area contributed by atoms with Gasteiger partial charge in [0, 0.05) is 44.4 Å². The molecule has 0 aromatic heterocycles. The molecule has 0 aliphatic carbocycles. The molecule has 4 atom stereocenters. The van der Waals surface area contributed by atoms with Crippen molar-refractivity contribution in [1.29, 1.82) is 0 Å². The number of carbonyl (C=O) groups is 2. The number of nitrogens with zero attached hydrogens (tertiary/aromatic N) is 2. The number of aliphatic hydroxyl groups is 1. The third kappa shape index (κ3) is 10.1. The number of rotatable bonds is 9. The molecule has 0 unspecified atom stereocenters. The number of hydrogen-bond donors (Lipinski definition) is 3. The monoisotopic (exact) mass is 662 g/mol. The Hall–Kier alpha value is -3.39. The van der Waals surface area contributed by atoms with E-state index in [0.717, 1.165) is 12.8 Å². The minimum atomic E-state index is -3.84. The first-order chi connectivity index (χ1) is 21.8. The van der Waals surface area contributed by atoms with Crippen LogP contribution in [-0.4, -0.2) is 99.4 Å². The maximum Gasteiger partial charge on any atom is 0.319 e. The molecule has 0 radical (unpaired) electrons. The van der Waals surface area contributed by atoms with Gasteiger partial charge in [-0.25, -0.2) is 13.2 Å². The van der Waals surface area contributed by atoms with E-state index in [2.05, 4.69) is 10.6 Å². The first kappa shape index (κ1) is 37.1. The van der Waals surface area contributed by atoms with Crippen molar-refractivity contribution in [2.75, 3.05) is 45.8 Å². The second kappa shape index (κ2) is 17.0. The molecule has 0 bridgehead atoms. The van der Waals surface area contributed by atoms with Crippen LogP contribution in [0.5, 0.6) is 11.5 Å². The van der Waals surface area contributed by atoms with Crippen molar-refractivity contribution in [2.45, 2.75) is 83.1 Å². The van der Waals surface area contributed by atoms with Gasteiger partial charge >= 0.3 is 6.03 Å². The normalized spacial score (nSPS) is 20.8. The lowest BCUT2D eigenvalue weighted by Crippen LogP contribution is -2.48. The van der Waals surface area contributed by atoms with Crippen molar-refractivity contribution in [2.24, 2.45) is 5.92 Å². The highest BCUT2D eigenvalue weighted by atomic mass is 32.2. The second-order valence-electron chi connectivity index (χ2n) is 12.2. The van der Waals surface area contributed by atoms with Crippen LogP contribution >= 0.6 is 0 Å². The van der Waals surface area contributed by atoms with Crippen molar-refractivity contribution in [3.8, 4) is 11.5 Å². The third-order valence-corrected chi connectivity index (χ3v) is 9.77. The zero-order chi connectivity index (χ0) is 34.0. The SMILES string of the molecule is COc1ccc(S(=O)(=O)N(C)C[C@@H]2OCCCC[C@H](C)Oc3ccc(NC(=O)NC(C)C)cc3C(=O)N([C@@H](C)CO)C[C@@H]2C)cc1. The molecule has 3 rings (SSSR count). The van der Waals surface area contributed by atoms with Crippen LogP contribution in [-0.2, 0) is 14.8 Å². The van der Waals surface area contributed by atoms with Gasteiger partial charge in [-0.05, 0) is 89.4 Å². The summed E-state index contributed by atoms with van der Waals surface area (Å²) < 4.78 is 45.9. The average Bonchev–Trinajstić information content (AvgIpc) is 3.01. The summed E-state index contributed by atoms with van der Waals surface area (Å²) in [5.41, 5.74) is 0.661. The number of nitrogens with one attached hydrogen (secondary N) is 2. The van der Waals surface area contributed by atoms with Gasteiger partial charge in [-0.3, -0.25) is 4.79 Å². The Morgan fingerprint density at radius 1 is 1.13 bits per heavy atom. The van der Waals surface area contributed by atoms with Crippen LogP contribution in [0.15, 0.2) is 47.4 Å². The molecule has 256 valence electrons. The summed E-state index contributed by atoms with van der Waals surface area (Å²) in [6, 6.07) is 10.1. The summed E-state index contributed by atoms with van der Waals surface area (Å²) in [6.45, 7) is 9.61. The fraction of sp³-hybridized carbons (Fsp3) is 0.576. The highest BCUT2D eigenvalue weighted by molar-refractivity contribution is 7.89. The molecular weight excluding hydrogens is 612 g/mol. The highest BCUT2D eigenvalue weighted by Crippen LogP contribution is 2.29. The van der Waals surface area contributed by atoms with Gasteiger partial charge in [0.05, 0.1) is 42.4 Å². The fourth-order valence-corrected chi connectivity index (χ4v) is 6.35. The molecule has 0 saturated heterocycles. The fourth-order valence-electron chi connectivity index (χ4n) is 5.17. The maximum absolute atomic E-state index is 14.2. The predicted molar refractivity (Wildman–Crippen MR) is 177 cm³/mol. The van der Waals surface area contributed by atoms with E-state index in [0.29, 0.717) is 30.2 Å². The quantitative estimate of drug-likeness (QED) is 0.360. The Labute approximate surface area is 273 Å². The van der Waals surface area contributed by atoms with E-state index in [4.69, 9.17) is 14.2 Å². The number of ether oxygens (including phenoxy) is 3. The minimum absolute atomic E-state index is 0.0558. The van der Waals surface area contributed by atoms with Gasteiger partial charge in [0.1, 0.15) is 11.5 Å². The Morgan fingerprint density at radius 2 is 1.83 bits per heavy atom. The molecule has 1 aliphatic rings. The van der Waals surface area contributed by atoms with Crippen LogP contribution in [0.25, 0.3) is 0 Å². The number of anilines is 1. The van der Waals surface area contributed by atoms with Crippen molar-refractivity contribution < 1.29 is 37.3 Å². The zero-order valence-corrected chi connectivity index (χ0v) is 28.8. The zero-order valence-electron chi connectivity index (χ0n) is 28.0. The van der Waals surface area contributed by atoms with E-state index in [1.165, 1.54) is 30.6 Å². The van der Waals surface area contributed by atoms with Crippen LogP contribution in [0.1, 0.15) is 64.2 Å². The van der Waals surface area contributed by atoms with Gasteiger partial charge in [0.15, 0.2) is 0 Å². The molecule has 12 nitrogen and oxygen atoms in total. The summed E-state index contributed by atoms with van der Waals surface area (Å²) in [5, 5.41) is 15.7. The van der Waals surface area contributed by atoms with Crippen LogP contribution in [0, 0.1) is 5.92 Å². The lowest BCUT2D eigenvalue weighted by molar-refractivity contribution is -0.00834. The Kier molecular flexibility index (Phi) is 13.7. The number of likely N-dealkylation sites (N-methyl/N-ethyl adjacent to an activating group) is 1. The molecular formula is C33H50N4O8S. The minimum Gasteiger partial charge on any atom is -0.497 e. The Bertz CT molecular complexity index is 1400. The lowest BCUT2D eigenvalue weighted by Gasteiger charge is -2.35. The van der Waals surface area contributed by atoms with Crippen molar-refractivity contribution in [3.05, 3.63) is 48.0 Å². The summed E-state index contributed by atoms with van der Waals surface area (Å²) in [6.07, 6.45) is 1.48. The van der Waals surface area contributed by atoms with Crippen molar-refractivity contribution in [1.82, 2.24) is 14.5 Å². The molecule has 13 heteroatoms. The lowest BCUT2D eigenvalue weighted by atomic mass is 10.0. The van der Waals surface area contributed by atoms with E-state index in [1.807, 2.05) is 27.7 Å². The van der Waals surface area contributed by atoms with Gasteiger partial charge in [-0.1, -0.05) is 6.92 Å². The Balaban J connectivity index is 1.95. The molecule has 3 amide bonds. The van der Waals surface area contributed by atoms with Crippen LogP contribution in [0.3, 0.4) is 0 Å². The summed E-state index contributed by atoms with van der Waals surface area (Å²) in [7, 11) is -0.813. The highest BCUT2D eigenvalue weighted by Gasteiger charge is 2.32. The molecule has 2 aromatic rings. The van der Waals surface area contributed by atoms with Crippen molar-refractivity contribution in [3.63, 3.8) is 0 Å². The number of carbonyl (C=O) groups excluding carboxylic acids is 2. The smallest absolute Gasteiger partial charge is 0.319 e. The van der Waals surface area contributed by atoms with Crippen molar-refractivity contribution >= 4 is 27.6 Å². The number of amides is 3. The molecule has 0 fully saturated rings. The molecule has 1 heterocycles. The average molecular weight is 663 g/mol. The predicted octanol–water partition coefficient (Wildman–Crippen LogP) is 4.34. The molecule has 0 spiro atoms. The number of fused-ring (bicyclic) bond motifs is 1. The Morgan fingerprint density at radius 3 is 2.46 bits per heavy atom. The standard InChI is InChI=1S/C33H50N4O8S/c1-22(2)34-33(40)35-26-11-16-30-29(18-26)32(39)37(24(4)21-38)19-23(3)31(44-17-9-8-10-25(5)45-30)20-36(6)46(41,42)28-14-12-27(43-7)13-15-28/h11-16,18,22-25,31,38H,8-10,17,19-21H2,1-7H3,(H2,34,35,40)/t23-,24-,25-,31-/m0/s1. The molecule has 1 aliphatic heterocycles. The van der Waals surface area contributed by atoms with E-state index in [9.17, 15) is 23.1 Å². The first-order valence-corrected chi connectivity index (χ1v) is 17.2. The summed E-state index contributed by atoms with van der Waals surface area (Å²) >= 11 is 0. The molecule has 0 saturated carbocycles. The van der Waals surface area contributed by atoms with E-state index >= 15 is 0 Å². The summed E-state index contributed by atoms with van der Waals surface area (Å²) in [4.78, 5) is 28.4. The number of sulfonamides is 1. The second-order valence-corrected chi connectivity index (χ2v) is 14.3. The maximum atomic E-state index is 14.2. The topological polar surface area (TPSA) is 147 Å².